The molecule has 0 saturated carbocycles. The Bertz CT molecular complexity index is 339. The number of aldehydes is 1. The molecule has 0 spiro atoms. The molecule has 0 aromatic carbocycles. The van der Waals surface area contributed by atoms with Gasteiger partial charge in [0.05, 0.1) is 4.88 Å². The van der Waals surface area contributed by atoms with Gasteiger partial charge in [-0.1, -0.05) is 0 Å². The molecule has 0 N–H and O–H groups in total. The van der Waals surface area contributed by atoms with Crippen molar-refractivity contribution in [3.63, 3.8) is 0 Å². The highest BCUT2D eigenvalue weighted by Crippen LogP contribution is 2.44. The highest BCUT2D eigenvalue weighted by Gasteiger charge is 2.54. The lowest BCUT2D eigenvalue weighted by Gasteiger charge is -2.22. The molecule has 0 amide bonds. The van der Waals surface area contributed by atoms with Crippen LogP contribution in [0.2, 0.25) is 0 Å². The minimum Gasteiger partial charge on any atom is -0.297 e. The molecule has 0 radical (unpaired) electrons. The molecular formula is C8H6F4OS. The van der Waals surface area contributed by atoms with Crippen LogP contribution in [0.4, 0.5) is 17.6 Å². The van der Waals surface area contributed by atoms with Crippen molar-refractivity contribution in [1.29, 1.82) is 0 Å². The molecule has 1 nitrogen and oxygen atoms in total. The van der Waals surface area contributed by atoms with Gasteiger partial charge in [-0.05, 0) is 11.4 Å². The minimum absolute atomic E-state index is 0.124. The fourth-order valence-corrected chi connectivity index (χ4v) is 1.64. The van der Waals surface area contributed by atoms with Gasteiger partial charge in [0.1, 0.15) is 0 Å². The van der Waals surface area contributed by atoms with Crippen LogP contribution in [0, 0.1) is 0 Å². The van der Waals surface area contributed by atoms with Gasteiger partial charge in [-0.15, -0.1) is 11.3 Å². The van der Waals surface area contributed by atoms with Gasteiger partial charge in [0.2, 0.25) is 0 Å². The number of rotatable bonds is 3. The molecule has 14 heavy (non-hydrogen) atoms. The van der Waals surface area contributed by atoms with E-state index in [0.717, 1.165) is 6.07 Å². The van der Waals surface area contributed by atoms with Crippen LogP contribution >= 0.6 is 11.3 Å². The number of hydrogen-bond donors (Lipinski definition) is 0. The van der Waals surface area contributed by atoms with Crippen molar-refractivity contribution in [3.05, 3.63) is 21.9 Å². The van der Waals surface area contributed by atoms with Gasteiger partial charge in [0, 0.05) is 12.5 Å². The van der Waals surface area contributed by atoms with Crippen molar-refractivity contribution in [2.24, 2.45) is 0 Å². The van der Waals surface area contributed by atoms with E-state index < -0.39 is 17.4 Å². The Morgan fingerprint density at radius 1 is 1.36 bits per heavy atom. The lowest BCUT2D eigenvalue weighted by Crippen LogP contribution is -2.35. The molecule has 1 heterocycles. The van der Waals surface area contributed by atoms with Crippen LogP contribution in [-0.4, -0.2) is 12.2 Å². The van der Waals surface area contributed by atoms with E-state index in [1.807, 2.05) is 0 Å². The summed E-state index contributed by atoms with van der Waals surface area (Å²) in [7, 11) is 0. The number of thiophene rings is 1. The quantitative estimate of drug-likeness (QED) is 0.570. The molecule has 0 unspecified atom stereocenters. The molecule has 1 aromatic rings. The van der Waals surface area contributed by atoms with Crippen molar-refractivity contribution < 1.29 is 22.4 Å². The van der Waals surface area contributed by atoms with Crippen LogP contribution in [0.5, 0.6) is 0 Å². The number of alkyl halides is 4. The Morgan fingerprint density at radius 2 is 1.93 bits per heavy atom. The predicted octanol–water partition coefficient (Wildman–Crippen LogP) is 3.31. The van der Waals surface area contributed by atoms with Crippen molar-refractivity contribution in [2.75, 3.05) is 0 Å². The monoisotopic (exact) mass is 226 g/mol. The molecule has 6 heteroatoms. The second kappa shape index (κ2) is 3.34. The molecular weight excluding hydrogens is 220 g/mol. The molecule has 0 saturated heterocycles. The van der Waals surface area contributed by atoms with E-state index in [2.05, 4.69) is 0 Å². The fraction of sp³-hybridized carbons (Fsp3) is 0.375. The summed E-state index contributed by atoms with van der Waals surface area (Å²) in [4.78, 5) is 9.93. The zero-order valence-corrected chi connectivity index (χ0v) is 7.88. The molecule has 0 fully saturated rings. The third-order valence-corrected chi connectivity index (χ3v) is 2.53. The maximum absolute atomic E-state index is 13.0. The van der Waals surface area contributed by atoms with Gasteiger partial charge in [-0.3, -0.25) is 4.79 Å². The van der Waals surface area contributed by atoms with Crippen LogP contribution in [0.15, 0.2) is 11.4 Å². The van der Waals surface area contributed by atoms with E-state index in [0.29, 0.717) is 11.3 Å². The fourth-order valence-electron chi connectivity index (χ4n) is 0.908. The number of carbonyl (C=O) groups excluding carboxylic acids is 1. The average Bonchev–Trinajstić information content (AvgIpc) is 2.49. The van der Waals surface area contributed by atoms with E-state index in [1.165, 1.54) is 5.38 Å². The Balaban J connectivity index is 3.22. The summed E-state index contributed by atoms with van der Waals surface area (Å²) in [5, 5.41) is 1.18. The van der Waals surface area contributed by atoms with E-state index in [1.54, 1.807) is 0 Å². The van der Waals surface area contributed by atoms with Crippen molar-refractivity contribution in [3.8, 4) is 0 Å². The molecule has 0 atom stereocenters. The largest absolute Gasteiger partial charge is 0.336 e. The lowest BCUT2D eigenvalue weighted by atomic mass is 10.0. The minimum atomic E-state index is -4.30. The summed E-state index contributed by atoms with van der Waals surface area (Å²) in [5.74, 6) is -8.48. The molecule has 0 aliphatic heterocycles. The van der Waals surface area contributed by atoms with E-state index in [4.69, 9.17) is 0 Å². The number of hydrogen-bond acceptors (Lipinski definition) is 2. The smallest absolute Gasteiger partial charge is 0.297 e. The third-order valence-electron chi connectivity index (χ3n) is 1.69. The van der Waals surface area contributed by atoms with Gasteiger partial charge in [-0.25, -0.2) is 0 Å². The summed E-state index contributed by atoms with van der Waals surface area (Å²) in [5.41, 5.74) is -0.912. The average molecular weight is 226 g/mol. The van der Waals surface area contributed by atoms with Crippen LogP contribution in [0.25, 0.3) is 0 Å². The second-order valence-corrected chi connectivity index (χ2v) is 3.73. The summed E-state index contributed by atoms with van der Waals surface area (Å²) in [6.07, 6.45) is 0.152. The Morgan fingerprint density at radius 3 is 2.36 bits per heavy atom. The second-order valence-electron chi connectivity index (χ2n) is 2.78. The van der Waals surface area contributed by atoms with Gasteiger partial charge in [-0.2, -0.15) is 17.6 Å². The van der Waals surface area contributed by atoms with Gasteiger partial charge < -0.3 is 0 Å². The standard InChI is InChI=1S/C8H6F4OS/c1-7(9,10)8(11,12)5-2-3-14-6(5)4-13/h2-4H,1H3. The van der Waals surface area contributed by atoms with Gasteiger partial charge >= 0.3 is 11.8 Å². The summed E-state index contributed by atoms with van der Waals surface area (Å²) in [6.45, 7) is 0.124. The van der Waals surface area contributed by atoms with E-state index in [-0.39, 0.29) is 18.1 Å². The highest BCUT2D eigenvalue weighted by atomic mass is 32.1. The maximum atomic E-state index is 13.0. The van der Waals surface area contributed by atoms with Gasteiger partial charge in [0.25, 0.3) is 0 Å². The maximum Gasteiger partial charge on any atom is 0.336 e. The van der Waals surface area contributed by atoms with Crippen molar-refractivity contribution in [2.45, 2.75) is 18.8 Å². The summed E-state index contributed by atoms with van der Waals surface area (Å²) in [6, 6.07) is 0.839. The Kier molecular flexibility index (Phi) is 2.67. The van der Waals surface area contributed by atoms with Crippen molar-refractivity contribution in [1.82, 2.24) is 0 Å². The normalized spacial score (nSPS) is 12.9. The third kappa shape index (κ3) is 1.66. The van der Waals surface area contributed by atoms with Crippen LogP contribution in [0.1, 0.15) is 22.2 Å². The molecule has 1 aromatic heterocycles. The Hall–Kier alpha value is -0.910. The van der Waals surface area contributed by atoms with E-state index in [9.17, 15) is 22.4 Å². The SMILES string of the molecule is CC(F)(F)C(F)(F)c1ccsc1C=O. The lowest BCUT2D eigenvalue weighted by molar-refractivity contribution is -0.204. The van der Waals surface area contributed by atoms with Crippen LogP contribution in [0.3, 0.4) is 0 Å². The van der Waals surface area contributed by atoms with Crippen molar-refractivity contribution >= 4 is 17.6 Å². The van der Waals surface area contributed by atoms with Gasteiger partial charge in [0.15, 0.2) is 6.29 Å². The predicted molar refractivity (Wildman–Crippen MR) is 44.2 cm³/mol. The molecule has 78 valence electrons. The first-order valence-electron chi connectivity index (χ1n) is 3.59. The molecule has 1 rings (SSSR count). The molecule has 0 aliphatic rings. The molecule has 0 bridgehead atoms. The first-order chi connectivity index (χ1) is 6.30. The zero-order chi connectivity index (χ0) is 11.0. The molecule has 0 aliphatic carbocycles. The summed E-state index contributed by atoms with van der Waals surface area (Å²) >= 11 is 0.711. The first kappa shape index (κ1) is 11.2. The first-order valence-corrected chi connectivity index (χ1v) is 4.47. The van der Waals surface area contributed by atoms with E-state index >= 15 is 0 Å². The Labute approximate surface area is 81.4 Å². The van der Waals surface area contributed by atoms with Crippen LogP contribution in [-0.2, 0) is 5.92 Å². The zero-order valence-electron chi connectivity index (χ0n) is 7.06. The number of halogens is 4. The summed E-state index contributed by atoms with van der Waals surface area (Å²) < 4.78 is 51.1. The van der Waals surface area contributed by atoms with Crippen LogP contribution < -0.4 is 0 Å². The number of carbonyl (C=O) groups is 1. The topological polar surface area (TPSA) is 17.1 Å². The highest BCUT2D eigenvalue weighted by molar-refractivity contribution is 7.11.